The molecule has 0 aliphatic carbocycles. The lowest BCUT2D eigenvalue weighted by atomic mass is 10.3. The summed E-state index contributed by atoms with van der Waals surface area (Å²) in [6.45, 7) is 0. The standard InChI is InChI=1S/C11H8BrClIN3O/c1-18-10-7(12)5-15-11(17-10)16-9-3-2-6(14)4-8(9)13/h2-5H,1H3,(H,15,16,17). The smallest absolute Gasteiger partial charge is 0.232 e. The van der Waals surface area contributed by atoms with E-state index < -0.39 is 0 Å². The molecule has 0 saturated heterocycles. The van der Waals surface area contributed by atoms with Crippen LogP contribution in [0.5, 0.6) is 5.88 Å². The van der Waals surface area contributed by atoms with Crippen molar-refractivity contribution in [2.75, 3.05) is 12.4 Å². The summed E-state index contributed by atoms with van der Waals surface area (Å²) in [5, 5.41) is 3.66. The zero-order valence-electron chi connectivity index (χ0n) is 9.25. The lowest BCUT2D eigenvalue weighted by Crippen LogP contribution is -1.99. The van der Waals surface area contributed by atoms with Gasteiger partial charge in [0.25, 0.3) is 0 Å². The number of ether oxygens (including phenoxy) is 1. The minimum atomic E-state index is 0.429. The zero-order chi connectivity index (χ0) is 13.1. The number of aromatic nitrogens is 2. The van der Waals surface area contributed by atoms with E-state index in [1.165, 1.54) is 0 Å². The molecule has 1 aromatic heterocycles. The van der Waals surface area contributed by atoms with Crippen LogP contribution in [-0.4, -0.2) is 17.1 Å². The molecule has 1 heterocycles. The third-order valence-electron chi connectivity index (χ3n) is 2.08. The molecule has 0 bridgehead atoms. The van der Waals surface area contributed by atoms with Gasteiger partial charge in [0.1, 0.15) is 0 Å². The Morgan fingerprint density at radius 3 is 2.89 bits per heavy atom. The number of anilines is 2. The van der Waals surface area contributed by atoms with Crippen LogP contribution in [0.2, 0.25) is 5.02 Å². The Morgan fingerprint density at radius 2 is 2.22 bits per heavy atom. The molecule has 7 heteroatoms. The van der Waals surface area contributed by atoms with Gasteiger partial charge in [-0.1, -0.05) is 11.6 Å². The minimum Gasteiger partial charge on any atom is -0.480 e. The van der Waals surface area contributed by atoms with Crippen molar-refractivity contribution in [3.05, 3.63) is 37.5 Å². The van der Waals surface area contributed by atoms with Gasteiger partial charge in [-0.05, 0) is 56.7 Å². The number of rotatable bonds is 3. The van der Waals surface area contributed by atoms with Crippen LogP contribution in [0.4, 0.5) is 11.6 Å². The van der Waals surface area contributed by atoms with Crippen LogP contribution >= 0.6 is 50.1 Å². The van der Waals surface area contributed by atoms with Gasteiger partial charge >= 0.3 is 0 Å². The fraction of sp³-hybridized carbons (Fsp3) is 0.0909. The van der Waals surface area contributed by atoms with Gasteiger partial charge in [0.2, 0.25) is 11.8 Å². The normalized spacial score (nSPS) is 10.2. The molecule has 0 spiro atoms. The van der Waals surface area contributed by atoms with Gasteiger partial charge in [0.05, 0.1) is 28.5 Å². The molecule has 1 aromatic carbocycles. The van der Waals surface area contributed by atoms with Crippen LogP contribution in [-0.2, 0) is 0 Å². The van der Waals surface area contributed by atoms with E-state index in [1.54, 1.807) is 13.3 Å². The molecule has 0 atom stereocenters. The maximum Gasteiger partial charge on any atom is 0.232 e. The van der Waals surface area contributed by atoms with E-state index in [2.05, 4.69) is 53.8 Å². The second-order valence-corrected chi connectivity index (χ2v) is 5.81. The second kappa shape index (κ2) is 6.03. The molecule has 4 nitrogen and oxygen atoms in total. The lowest BCUT2D eigenvalue weighted by molar-refractivity contribution is 0.394. The predicted octanol–water partition coefficient (Wildman–Crippen LogP) is 4.25. The molecule has 0 saturated carbocycles. The first kappa shape index (κ1) is 13.8. The van der Waals surface area contributed by atoms with Crippen LogP contribution in [0.25, 0.3) is 0 Å². The Kier molecular flexibility index (Phi) is 4.63. The van der Waals surface area contributed by atoms with Crippen LogP contribution < -0.4 is 10.1 Å². The molecule has 0 radical (unpaired) electrons. The van der Waals surface area contributed by atoms with Gasteiger partial charge in [0.15, 0.2) is 0 Å². The van der Waals surface area contributed by atoms with Crippen molar-refractivity contribution >= 4 is 61.8 Å². The number of benzene rings is 1. The van der Waals surface area contributed by atoms with Gasteiger partial charge in [0, 0.05) is 3.57 Å². The molecule has 18 heavy (non-hydrogen) atoms. The number of hydrogen-bond acceptors (Lipinski definition) is 4. The summed E-state index contributed by atoms with van der Waals surface area (Å²) in [6, 6.07) is 5.69. The average molecular weight is 440 g/mol. The third-order valence-corrected chi connectivity index (χ3v) is 3.61. The Labute approximate surface area is 131 Å². The highest BCUT2D eigenvalue weighted by Gasteiger charge is 2.07. The zero-order valence-corrected chi connectivity index (χ0v) is 13.7. The lowest BCUT2D eigenvalue weighted by Gasteiger charge is -2.08. The molecule has 94 valence electrons. The van der Waals surface area contributed by atoms with Crippen molar-refractivity contribution in [1.82, 2.24) is 9.97 Å². The highest BCUT2D eigenvalue weighted by atomic mass is 127. The van der Waals surface area contributed by atoms with Crippen molar-refractivity contribution in [3.63, 3.8) is 0 Å². The summed E-state index contributed by atoms with van der Waals surface area (Å²) in [4.78, 5) is 8.33. The number of nitrogens with one attached hydrogen (secondary N) is 1. The van der Waals surface area contributed by atoms with E-state index >= 15 is 0 Å². The van der Waals surface area contributed by atoms with Crippen LogP contribution in [0.3, 0.4) is 0 Å². The molecule has 0 aliphatic rings. The third kappa shape index (κ3) is 3.24. The largest absolute Gasteiger partial charge is 0.480 e. The average Bonchev–Trinajstić information content (AvgIpc) is 2.35. The second-order valence-electron chi connectivity index (χ2n) is 3.30. The van der Waals surface area contributed by atoms with Gasteiger partial charge in [-0.2, -0.15) is 4.98 Å². The molecule has 0 unspecified atom stereocenters. The van der Waals surface area contributed by atoms with Crippen LogP contribution in [0, 0.1) is 3.57 Å². The first-order valence-corrected chi connectivity index (χ1v) is 7.13. The fourth-order valence-electron chi connectivity index (χ4n) is 1.27. The molecule has 2 rings (SSSR count). The molecule has 1 N–H and O–H groups in total. The Morgan fingerprint density at radius 1 is 1.44 bits per heavy atom. The van der Waals surface area contributed by atoms with E-state index in [-0.39, 0.29) is 0 Å². The van der Waals surface area contributed by atoms with E-state index in [0.29, 0.717) is 21.3 Å². The Balaban J connectivity index is 2.28. The summed E-state index contributed by atoms with van der Waals surface area (Å²) in [7, 11) is 1.55. The predicted molar refractivity (Wildman–Crippen MR) is 83.7 cm³/mol. The highest BCUT2D eigenvalue weighted by Crippen LogP contribution is 2.28. The molecule has 0 amide bonds. The number of halogens is 3. The van der Waals surface area contributed by atoms with Crippen molar-refractivity contribution in [1.29, 1.82) is 0 Å². The molecular formula is C11H8BrClIN3O. The van der Waals surface area contributed by atoms with Crippen molar-refractivity contribution in [2.45, 2.75) is 0 Å². The van der Waals surface area contributed by atoms with Gasteiger partial charge in [-0.3, -0.25) is 0 Å². The van der Waals surface area contributed by atoms with E-state index in [1.807, 2.05) is 18.2 Å². The van der Waals surface area contributed by atoms with Crippen LogP contribution in [0.1, 0.15) is 0 Å². The molecule has 2 aromatic rings. The Bertz CT molecular complexity index is 582. The summed E-state index contributed by atoms with van der Waals surface area (Å²) in [5.74, 6) is 0.896. The number of hydrogen-bond donors (Lipinski definition) is 1. The van der Waals surface area contributed by atoms with Crippen molar-refractivity contribution in [3.8, 4) is 5.88 Å². The van der Waals surface area contributed by atoms with Gasteiger partial charge in [-0.15, -0.1) is 0 Å². The van der Waals surface area contributed by atoms with E-state index in [0.717, 1.165) is 9.26 Å². The molecular weight excluding hydrogens is 432 g/mol. The maximum atomic E-state index is 6.12. The van der Waals surface area contributed by atoms with Crippen LogP contribution in [0.15, 0.2) is 28.9 Å². The fourth-order valence-corrected chi connectivity index (χ4v) is 2.52. The number of nitrogens with zero attached hydrogens (tertiary/aromatic N) is 2. The van der Waals surface area contributed by atoms with Crippen molar-refractivity contribution < 1.29 is 4.74 Å². The topological polar surface area (TPSA) is 47.0 Å². The van der Waals surface area contributed by atoms with Gasteiger partial charge in [-0.25, -0.2) is 4.98 Å². The first-order valence-electron chi connectivity index (χ1n) is 4.89. The summed E-state index contributed by atoms with van der Waals surface area (Å²) in [6.07, 6.45) is 1.62. The minimum absolute atomic E-state index is 0.429. The summed E-state index contributed by atoms with van der Waals surface area (Å²) < 4.78 is 6.87. The van der Waals surface area contributed by atoms with Gasteiger partial charge < -0.3 is 10.1 Å². The quantitative estimate of drug-likeness (QED) is 0.725. The Hall–Kier alpha value is -0.600. The maximum absolute atomic E-state index is 6.12. The molecule has 0 aliphatic heterocycles. The number of methoxy groups -OCH3 is 1. The molecule has 0 fully saturated rings. The SMILES string of the molecule is COc1nc(Nc2ccc(I)cc2Cl)ncc1Br. The highest BCUT2D eigenvalue weighted by molar-refractivity contribution is 14.1. The summed E-state index contributed by atoms with van der Waals surface area (Å²) >= 11 is 11.6. The monoisotopic (exact) mass is 439 g/mol. The van der Waals surface area contributed by atoms with E-state index in [9.17, 15) is 0 Å². The van der Waals surface area contributed by atoms with E-state index in [4.69, 9.17) is 16.3 Å². The summed E-state index contributed by atoms with van der Waals surface area (Å²) in [5.41, 5.74) is 0.751. The van der Waals surface area contributed by atoms with Crippen molar-refractivity contribution in [2.24, 2.45) is 0 Å². The first-order chi connectivity index (χ1) is 8.60.